The Morgan fingerprint density at radius 3 is 2.94 bits per heavy atom. The highest BCUT2D eigenvalue weighted by molar-refractivity contribution is 5.94. The zero-order valence-electron chi connectivity index (χ0n) is 8.91. The number of hydrazine groups is 1. The van der Waals surface area contributed by atoms with Gasteiger partial charge < -0.3 is 10.1 Å². The smallest absolute Gasteiger partial charge is 0.296 e. The Hall–Kier alpha value is -2.97. The quantitative estimate of drug-likeness (QED) is 0.211. The highest BCUT2D eigenvalue weighted by Crippen LogP contribution is 2.34. The topological polar surface area (TPSA) is 140 Å². The van der Waals surface area contributed by atoms with E-state index >= 15 is 0 Å². The SMILES string of the molecule is N=C(N=Nc1c(O)[nH]c2ccccc12)N[N+](=O)[O-]. The third-order valence-corrected chi connectivity index (χ3v) is 2.11. The first kappa shape index (κ1) is 11.5. The van der Waals surface area contributed by atoms with Crippen LogP contribution in [0.2, 0.25) is 0 Å². The predicted molar refractivity (Wildman–Crippen MR) is 62.3 cm³/mol. The standard InChI is InChI=1S/C9H8N6O3/c10-9(14-15(17)18)13-12-7-5-3-1-2-4-6(5)11-8(7)16/h1-4,11,16H,(H2,10,14). The van der Waals surface area contributed by atoms with Gasteiger partial charge in [-0.3, -0.25) is 5.41 Å². The van der Waals surface area contributed by atoms with E-state index in [-0.39, 0.29) is 11.6 Å². The first-order chi connectivity index (χ1) is 8.58. The molecule has 18 heavy (non-hydrogen) atoms. The molecule has 0 aliphatic rings. The molecule has 0 fully saturated rings. The molecule has 0 saturated heterocycles. The Labute approximate surface area is 99.8 Å². The van der Waals surface area contributed by atoms with Crippen molar-refractivity contribution in [3.8, 4) is 5.88 Å². The number of benzene rings is 1. The van der Waals surface area contributed by atoms with Crippen LogP contribution in [0.25, 0.3) is 10.9 Å². The fourth-order valence-corrected chi connectivity index (χ4v) is 1.42. The third-order valence-electron chi connectivity index (χ3n) is 2.11. The molecule has 0 aliphatic heterocycles. The highest BCUT2D eigenvalue weighted by Gasteiger charge is 2.10. The van der Waals surface area contributed by atoms with Crippen LogP contribution in [0.4, 0.5) is 5.69 Å². The molecule has 0 unspecified atom stereocenters. The maximum absolute atomic E-state index is 10.0. The average Bonchev–Trinajstić information content (AvgIpc) is 2.61. The lowest BCUT2D eigenvalue weighted by Crippen LogP contribution is -2.26. The van der Waals surface area contributed by atoms with Crippen LogP contribution in [0.15, 0.2) is 34.5 Å². The number of nitro groups is 1. The number of aromatic amines is 1. The number of azo groups is 1. The number of rotatable bonds is 2. The maximum Gasteiger partial charge on any atom is 0.296 e. The summed E-state index contributed by atoms with van der Waals surface area (Å²) in [5.41, 5.74) is 2.30. The molecule has 9 nitrogen and oxygen atoms in total. The molecular weight excluding hydrogens is 240 g/mol. The Bertz CT molecular complexity index is 647. The van der Waals surface area contributed by atoms with E-state index in [9.17, 15) is 15.2 Å². The lowest BCUT2D eigenvalue weighted by atomic mass is 10.2. The van der Waals surface area contributed by atoms with Crippen molar-refractivity contribution in [2.24, 2.45) is 10.2 Å². The van der Waals surface area contributed by atoms with E-state index in [2.05, 4.69) is 15.2 Å². The van der Waals surface area contributed by atoms with Gasteiger partial charge in [0.2, 0.25) is 5.88 Å². The van der Waals surface area contributed by atoms with Gasteiger partial charge in [0.25, 0.3) is 5.96 Å². The summed E-state index contributed by atoms with van der Waals surface area (Å²) >= 11 is 0. The number of guanidine groups is 1. The van der Waals surface area contributed by atoms with Gasteiger partial charge in [0.15, 0.2) is 10.7 Å². The minimum absolute atomic E-state index is 0.125. The average molecular weight is 248 g/mol. The molecule has 1 aromatic heterocycles. The Kier molecular flexibility index (Phi) is 2.87. The number of fused-ring (bicyclic) bond motifs is 1. The van der Waals surface area contributed by atoms with E-state index in [4.69, 9.17) is 5.41 Å². The Morgan fingerprint density at radius 1 is 1.50 bits per heavy atom. The number of aromatic hydroxyl groups is 1. The normalized spacial score (nSPS) is 10.9. The molecule has 0 amide bonds. The molecule has 2 rings (SSSR count). The largest absolute Gasteiger partial charge is 0.493 e. The van der Waals surface area contributed by atoms with Gasteiger partial charge in [-0.25, -0.2) is 10.1 Å². The van der Waals surface area contributed by atoms with Gasteiger partial charge in [-0.15, -0.1) is 10.2 Å². The van der Waals surface area contributed by atoms with Gasteiger partial charge in [-0.05, 0) is 6.07 Å². The number of hydrogen-bond acceptors (Lipinski definition) is 5. The molecule has 92 valence electrons. The number of aromatic nitrogens is 1. The van der Waals surface area contributed by atoms with Gasteiger partial charge in [-0.1, -0.05) is 23.6 Å². The summed E-state index contributed by atoms with van der Waals surface area (Å²) in [4.78, 5) is 12.7. The number of para-hydroxylation sites is 1. The summed E-state index contributed by atoms with van der Waals surface area (Å²) in [6.07, 6.45) is 0. The predicted octanol–water partition coefficient (Wildman–Crippen LogP) is 1.67. The van der Waals surface area contributed by atoms with Gasteiger partial charge in [0, 0.05) is 5.39 Å². The Balaban J connectivity index is 2.31. The van der Waals surface area contributed by atoms with Crippen LogP contribution < -0.4 is 5.43 Å². The van der Waals surface area contributed by atoms with E-state index in [1.165, 1.54) is 5.43 Å². The van der Waals surface area contributed by atoms with E-state index in [1.54, 1.807) is 24.3 Å². The van der Waals surface area contributed by atoms with Crippen LogP contribution in [-0.2, 0) is 0 Å². The lowest BCUT2D eigenvalue weighted by molar-refractivity contribution is -0.525. The van der Waals surface area contributed by atoms with Crippen LogP contribution in [0.1, 0.15) is 0 Å². The summed E-state index contributed by atoms with van der Waals surface area (Å²) in [7, 11) is 0. The van der Waals surface area contributed by atoms with Crippen LogP contribution in [0, 0.1) is 15.5 Å². The van der Waals surface area contributed by atoms with E-state index < -0.39 is 11.0 Å². The van der Waals surface area contributed by atoms with Crippen LogP contribution in [-0.4, -0.2) is 21.1 Å². The molecule has 4 N–H and O–H groups in total. The number of nitrogens with one attached hydrogen (secondary N) is 3. The van der Waals surface area contributed by atoms with Gasteiger partial charge in [0.05, 0.1) is 5.52 Å². The molecule has 1 aromatic carbocycles. The molecule has 0 bridgehead atoms. The number of hydrogen-bond donors (Lipinski definition) is 4. The molecule has 9 heteroatoms. The van der Waals surface area contributed by atoms with Crippen molar-refractivity contribution in [1.29, 1.82) is 5.41 Å². The third kappa shape index (κ3) is 2.24. The fraction of sp³-hybridized carbons (Fsp3) is 0. The molecular formula is C9H8N6O3. The lowest BCUT2D eigenvalue weighted by Gasteiger charge is -1.92. The fourth-order valence-electron chi connectivity index (χ4n) is 1.42. The van der Waals surface area contributed by atoms with Crippen LogP contribution >= 0.6 is 0 Å². The van der Waals surface area contributed by atoms with Gasteiger partial charge >= 0.3 is 0 Å². The first-order valence-electron chi connectivity index (χ1n) is 4.79. The van der Waals surface area contributed by atoms with Crippen molar-refractivity contribution < 1.29 is 10.1 Å². The minimum atomic E-state index is -0.920. The molecule has 0 aliphatic carbocycles. The second-order valence-corrected chi connectivity index (χ2v) is 3.29. The van der Waals surface area contributed by atoms with E-state index in [0.29, 0.717) is 10.9 Å². The second kappa shape index (κ2) is 4.49. The number of H-pyrrole nitrogens is 1. The van der Waals surface area contributed by atoms with E-state index in [0.717, 1.165) is 0 Å². The molecule has 0 saturated carbocycles. The molecule has 2 aromatic rings. The summed E-state index contributed by atoms with van der Waals surface area (Å²) in [6, 6.07) is 6.95. The molecule has 0 atom stereocenters. The summed E-state index contributed by atoms with van der Waals surface area (Å²) < 4.78 is 0. The van der Waals surface area contributed by atoms with Crippen molar-refractivity contribution in [3.05, 3.63) is 34.4 Å². The Morgan fingerprint density at radius 2 is 2.22 bits per heavy atom. The van der Waals surface area contributed by atoms with Crippen LogP contribution in [0.3, 0.4) is 0 Å². The number of nitrogens with zero attached hydrogens (tertiary/aromatic N) is 3. The minimum Gasteiger partial charge on any atom is -0.493 e. The van der Waals surface area contributed by atoms with Gasteiger partial charge in [0.1, 0.15) is 0 Å². The van der Waals surface area contributed by atoms with Crippen molar-refractivity contribution >= 4 is 22.5 Å². The summed E-state index contributed by atoms with van der Waals surface area (Å²) in [5.74, 6) is -0.946. The highest BCUT2D eigenvalue weighted by atomic mass is 16.7. The summed E-state index contributed by atoms with van der Waals surface area (Å²) in [6.45, 7) is 0. The van der Waals surface area contributed by atoms with Crippen molar-refractivity contribution in [2.75, 3.05) is 0 Å². The summed E-state index contributed by atoms with van der Waals surface area (Å²) in [5, 5.41) is 33.3. The molecule has 1 heterocycles. The van der Waals surface area contributed by atoms with Crippen LogP contribution in [0.5, 0.6) is 5.88 Å². The van der Waals surface area contributed by atoms with Crippen molar-refractivity contribution in [1.82, 2.24) is 10.4 Å². The van der Waals surface area contributed by atoms with E-state index in [1.807, 2.05) is 0 Å². The van der Waals surface area contributed by atoms with Crippen molar-refractivity contribution in [3.63, 3.8) is 0 Å². The zero-order chi connectivity index (χ0) is 13.1. The molecule has 0 radical (unpaired) electrons. The maximum atomic E-state index is 10.0. The van der Waals surface area contributed by atoms with Gasteiger partial charge in [-0.2, -0.15) is 0 Å². The van der Waals surface area contributed by atoms with Crippen molar-refractivity contribution in [2.45, 2.75) is 0 Å². The zero-order valence-corrected chi connectivity index (χ0v) is 8.91. The molecule has 0 spiro atoms. The monoisotopic (exact) mass is 248 g/mol. The second-order valence-electron chi connectivity index (χ2n) is 3.29. The first-order valence-corrected chi connectivity index (χ1v) is 4.79.